The first kappa shape index (κ1) is 18.2. The van der Waals surface area contributed by atoms with Crippen molar-refractivity contribution >= 4 is 17.7 Å². The van der Waals surface area contributed by atoms with Crippen LogP contribution in [-0.2, 0) is 16.0 Å². The first-order valence-corrected chi connectivity index (χ1v) is 8.43. The van der Waals surface area contributed by atoms with Gasteiger partial charge >= 0.3 is 5.97 Å². The number of carbonyl (C=O) groups excluding carboxylic acids is 3. The molecule has 1 aliphatic rings. The largest absolute Gasteiger partial charge is 0.465 e. The van der Waals surface area contributed by atoms with Gasteiger partial charge in [-0.25, -0.2) is 4.79 Å². The second-order valence-corrected chi connectivity index (χ2v) is 6.74. The number of carbonyl (C=O) groups is 3. The third kappa shape index (κ3) is 4.04. The first-order valence-electron chi connectivity index (χ1n) is 8.43. The van der Waals surface area contributed by atoms with Crippen LogP contribution in [0.5, 0.6) is 0 Å². The van der Waals surface area contributed by atoms with E-state index in [1.165, 1.54) is 20.5 Å². The fourth-order valence-corrected chi connectivity index (χ4v) is 3.53. The number of amides is 1. The fraction of sp³-hybridized carbons (Fsp3) is 0.611. The molecule has 1 fully saturated rings. The van der Waals surface area contributed by atoms with Crippen LogP contribution in [0.25, 0.3) is 0 Å². The van der Waals surface area contributed by atoms with Crippen molar-refractivity contribution in [2.45, 2.75) is 58.9 Å². The van der Waals surface area contributed by atoms with Gasteiger partial charge in [-0.15, -0.1) is 0 Å². The SMILES string of the molecule is COC(=O)c1c(CC(=O)NC2CCCC(C)C2)[nH]c(C(C)=O)c1C. The van der Waals surface area contributed by atoms with Gasteiger partial charge in [0, 0.05) is 18.7 Å². The molecule has 2 rings (SSSR count). The fourth-order valence-electron chi connectivity index (χ4n) is 3.53. The van der Waals surface area contributed by atoms with E-state index < -0.39 is 5.97 Å². The minimum Gasteiger partial charge on any atom is -0.465 e. The number of ketones is 1. The first-order chi connectivity index (χ1) is 11.3. The zero-order valence-electron chi connectivity index (χ0n) is 14.8. The van der Waals surface area contributed by atoms with Crippen molar-refractivity contribution < 1.29 is 19.1 Å². The summed E-state index contributed by atoms with van der Waals surface area (Å²) in [6.45, 7) is 5.30. The molecule has 1 heterocycles. The Kier molecular flexibility index (Phi) is 5.80. The summed E-state index contributed by atoms with van der Waals surface area (Å²) in [4.78, 5) is 39.0. The highest BCUT2D eigenvalue weighted by Crippen LogP contribution is 2.24. The second-order valence-electron chi connectivity index (χ2n) is 6.74. The van der Waals surface area contributed by atoms with E-state index in [9.17, 15) is 14.4 Å². The molecule has 0 saturated heterocycles. The van der Waals surface area contributed by atoms with Gasteiger partial charge in [-0.1, -0.05) is 19.8 Å². The maximum atomic E-state index is 12.4. The molecule has 6 nitrogen and oxygen atoms in total. The number of Topliss-reactive ketones (excluding diaryl/α,β-unsaturated/α-hetero) is 1. The van der Waals surface area contributed by atoms with Crippen LogP contribution >= 0.6 is 0 Å². The van der Waals surface area contributed by atoms with E-state index >= 15 is 0 Å². The summed E-state index contributed by atoms with van der Waals surface area (Å²) in [5.41, 5.74) is 1.61. The summed E-state index contributed by atoms with van der Waals surface area (Å²) in [5, 5.41) is 3.04. The van der Waals surface area contributed by atoms with E-state index in [-0.39, 0.29) is 29.7 Å². The maximum absolute atomic E-state index is 12.4. The average molecular weight is 334 g/mol. The van der Waals surface area contributed by atoms with Crippen LogP contribution < -0.4 is 5.32 Å². The number of aromatic amines is 1. The molecule has 0 aromatic carbocycles. The van der Waals surface area contributed by atoms with Gasteiger partial charge in [0.1, 0.15) is 0 Å². The molecule has 6 heteroatoms. The van der Waals surface area contributed by atoms with Crippen LogP contribution in [0.15, 0.2) is 0 Å². The van der Waals surface area contributed by atoms with Crippen LogP contribution in [0.1, 0.15) is 71.6 Å². The molecule has 132 valence electrons. The summed E-state index contributed by atoms with van der Waals surface area (Å²) >= 11 is 0. The summed E-state index contributed by atoms with van der Waals surface area (Å²) in [6.07, 6.45) is 4.33. The van der Waals surface area contributed by atoms with E-state index in [1.807, 2.05) is 0 Å². The van der Waals surface area contributed by atoms with E-state index in [2.05, 4.69) is 17.2 Å². The molecule has 2 atom stereocenters. The standard InChI is InChI=1S/C18H26N2O4/c1-10-6-5-7-13(8-10)19-15(22)9-14-16(18(23)24-4)11(2)17(20-14)12(3)21/h10,13,20H,5-9H2,1-4H3,(H,19,22). The van der Waals surface area contributed by atoms with E-state index in [0.29, 0.717) is 22.9 Å². The zero-order valence-corrected chi connectivity index (χ0v) is 14.8. The lowest BCUT2D eigenvalue weighted by Gasteiger charge is -2.27. The molecule has 0 bridgehead atoms. The lowest BCUT2D eigenvalue weighted by Crippen LogP contribution is -2.39. The predicted octanol–water partition coefficient (Wildman–Crippen LogP) is 2.55. The van der Waals surface area contributed by atoms with Crippen molar-refractivity contribution in [2.75, 3.05) is 7.11 Å². The molecule has 1 saturated carbocycles. The highest BCUT2D eigenvalue weighted by atomic mass is 16.5. The smallest absolute Gasteiger partial charge is 0.339 e. The summed E-state index contributed by atoms with van der Waals surface area (Å²) in [5.74, 6) is -0.238. The van der Waals surface area contributed by atoms with Crippen LogP contribution in [0, 0.1) is 12.8 Å². The van der Waals surface area contributed by atoms with E-state index in [0.717, 1.165) is 19.3 Å². The third-order valence-corrected chi connectivity index (χ3v) is 4.71. The van der Waals surface area contributed by atoms with Crippen LogP contribution in [0.2, 0.25) is 0 Å². The average Bonchev–Trinajstić information content (AvgIpc) is 2.83. The molecule has 0 radical (unpaired) electrons. The Morgan fingerprint density at radius 3 is 2.58 bits per heavy atom. The highest BCUT2D eigenvalue weighted by molar-refractivity contribution is 6.01. The van der Waals surface area contributed by atoms with Crippen LogP contribution in [0.3, 0.4) is 0 Å². The molecule has 1 aromatic rings. The van der Waals surface area contributed by atoms with Gasteiger partial charge in [0.25, 0.3) is 0 Å². The maximum Gasteiger partial charge on any atom is 0.339 e. The number of esters is 1. The summed E-state index contributed by atoms with van der Waals surface area (Å²) in [6, 6.07) is 0.186. The number of hydrogen-bond acceptors (Lipinski definition) is 4. The Balaban J connectivity index is 2.15. The molecule has 1 aliphatic carbocycles. The zero-order chi connectivity index (χ0) is 17.9. The van der Waals surface area contributed by atoms with Crippen molar-refractivity contribution in [2.24, 2.45) is 5.92 Å². The summed E-state index contributed by atoms with van der Waals surface area (Å²) < 4.78 is 4.79. The number of methoxy groups -OCH3 is 1. The predicted molar refractivity (Wildman–Crippen MR) is 90.1 cm³/mol. The molecule has 1 amide bonds. The van der Waals surface area contributed by atoms with Gasteiger partial charge in [-0.3, -0.25) is 9.59 Å². The second kappa shape index (κ2) is 7.64. The molecule has 24 heavy (non-hydrogen) atoms. The normalized spacial score (nSPS) is 20.5. The highest BCUT2D eigenvalue weighted by Gasteiger charge is 2.26. The number of H-pyrrole nitrogens is 1. The molecular formula is C18H26N2O4. The van der Waals surface area contributed by atoms with Gasteiger partial charge < -0.3 is 15.0 Å². The van der Waals surface area contributed by atoms with Gasteiger partial charge in [-0.05, 0) is 31.2 Å². The lowest BCUT2D eigenvalue weighted by atomic mass is 9.87. The van der Waals surface area contributed by atoms with Crippen molar-refractivity contribution in [3.05, 3.63) is 22.5 Å². The Bertz CT molecular complexity index is 648. The van der Waals surface area contributed by atoms with E-state index in [4.69, 9.17) is 4.74 Å². The van der Waals surface area contributed by atoms with E-state index in [1.54, 1.807) is 6.92 Å². The molecule has 2 N–H and O–H groups in total. The quantitative estimate of drug-likeness (QED) is 0.640. The Hall–Kier alpha value is -2.11. The monoisotopic (exact) mass is 334 g/mol. The molecule has 0 spiro atoms. The molecular weight excluding hydrogens is 308 g/mol. The Morgan fingerprint density at radius 2 is 2.00 bits per heavy atom. The van der Waals surface area contributed by atoms with Crippen LogP contribution in [-0.4, -0.2) is 35.8 Å². The number of rotatable bonds is 5. The van der Waals surface area contributed by atoms with Gasteiger partial charge in [0.05, 0.1) is 24.8 Å². The third-order valence-electron chi connectivity index (χ3n) is 4.71. The van der Waals surface area contributed by atoms with Crippen LogP contribution in [0.4, 0.5) is 0 Å². The molecule has 0 aliphatic heterocycles. The number of nitrogens with one attached hydrogen (secondary N) is 2. The van der Waals surface area contributed by atoms with Gasteiger partial charge in [-0.2, -0.15) is 0 Å². The lowest BCUT2D eigenvalue weighted by molar-refractivity contribution is -0.121. The minimum absolute atomic E-state index is 0.0312. The topological polar surface area (TPSA) is 88.3 Å². The Labute approximate surface area is 142 Å². The number of aromatic nitrogens is 1. The number of hydrogen-bond donors (Lipinski definition) is 2. The molecule has 2 unspecified atom stereocenters. The number of ether oxygens (including phenoxy) is 1. The van der Waals surface area contributed by atoms with Crippen molar-refractivity contribution in [3.63, 3.8) is 0 Å². The Morgan fingerprint density at radius 1 is 1.29 bits per heavy atom. The minimum atomic E-state index is -0.537. The summed E-state index contributed by atoms with van der Waals surface area (Å²) in [7, 11) is 1.29. The van der Waals surface area contributed by atoms with Gasteiger partial charge in [0.15, 0.2) is 5.78 Å². The van der Waals surface area contributed by atoms with Crippen molar-refractivity contribution in [1.29, 1.82) is 0 Å². The van der Waals surface area contributed by atoms with Crippen molar-refractivity contribution in [3.8, 4) is 0 Å². The van der Waals surface area contributed by atoms with Crippen molar-refractivity contribution in [1.82, 2.24) is 10.3 Å². The molecule has 1 aromatic heterocycles. The van der Waals surface area contributed by atoms with Gasteiger partial charge in [0.2, 0.25) is 5.91 Å².